The summed E-state index contributed by atoms with van der Waals surface area (Å²) in [4.78, 5) is 8.47. The van der Waals surface area contributed by atoms with Crippen LogP contribution in [0.2, 0.25) is 0 Å². The van der Waals surface area contributed by atoms with Crippen LogP contribution in [0.25, 0.3) is 0 Å². The number of aromatic nitrogens is 2. The van der Waals surface area contributed by atoms with Crippen molar-refractivity contribution >= 4 is 23.1 Å². The summed E-state index contributed by atoms with van der Waals surface area (Å²) < 4.78 is 1.00. The van der Waals surface area contributed by atoms with Crippen LogP contribution in [-0.4, -0.2) is 9.97 Å². The van der Waals surface area contributed by atoms with E-state index in [9.17, 15) is 0 Å². The zero-order chi connectivity index (χ0) is 10.7. The summed E-state index contributed by atoms with van der Waals surface area (Å²) in [6.07, 6.45) is 3.58. The lowest BCUT2D eigenvalue weighted by molar-refractivity contribution is 0.808. The summed E-state index contributed by atoms with van der Waals surface area (Å²) >= 11 is 3.18. The zero-order valence-corrected chi connectivity index (χ0v) is 9.89. The fourth-order valence-electron chi connectivity index (χ4n) is 1.11. The van der Waals surface area contributed by atoms with Gasteiger partial charge < -0.3 is 5.73 Å². The fourth-order valence-corrected chi connectivity index (χ4v) is 2.69. The average Bonchev–Trinajstić information content (AvgIpc) is 2.71. The fraction of sp³-hybridized carbons (Fsp3) is 0.200. The Morgan fingerprint density at radius 1 is 1.40 bits per heavy atom. The standard InChI is InChI=1S/C10H11N3S2/c1-7(11)8-2-3-12-9(6-8)15-10-13-4-5-14-10/h2-7H,11H2,1H3. The molecule has 1 atom stereocenters. The van der Waals surface area contributed by atoms with E-state index in [0.29, 0.717) is 0 Å². The third-order valence-corrected chi connectivity index (χ3v) is 3.70. The normalized spacial score (nSPS) is 12.7. The highest BCUT2D eigenvalue weighted by molar-refractivity contribution is 8.00. The maximum atomic E-state index is 5.81. The van der Waals surface area contributed by atoms with E-state index < -0.39 is 0 Å². The molecule has 2 aromatic heterocycles. The van der Waals surface area contributed by atoms with Crippen molar-refractivity contribution in [1.29, 1.82) is 0 Å². The average molecular weight is 237 g/mol. The molecular formula is C10H11N3S2. The molecule has 0 saturated heterocycles. The lowest BCUT2D eigenvalue weighted by Gasteiger charge is -2.05. The predicted molar refractivity (Wildman–Crippen MR) is 63.1 cm³/mol. The molecule has 2 rings (SSSR count). The van der Waals surface area contributed by atoms with Crippen LogP contribution in [0.15, 0.2) is 39.3 Å². The van der Waals surface area contributed by atoms with Crippen molar-refractivity contribution in [3.63, 3.8) is 0 Å². The monoisotopic (exact) mass is 237 g/mol. The number of thiazole rings is 1. The molecule has 0 aliphatic heterocycles. The van der Waals surface area contributed by atoms with Gasteiger partial charge >= 0.3 is 0 Å². The lowest BCUT2D eigenvalue weighted by Crippen LogP contribution is -2.04. The minimum absolute atomic E-state index is 0.0450. The molecule has 5 heteroatoms. The van der Waals surface area contributed by atoms with Gasteiger partial charge in [0.05, 0.1) is 0 Å². The molecule has 78 valence electrons. The van der Waals surface area contributed by atoms with Crippen LogP contribution in [-0.2, 0) is 0 Å². The van der Waals surface area contributed by atoms with Crippen LogP contribution < -0.4 is 5.73 Å². The van der Waals surface area contributed by atoms with Gasteiger partial charge in [-0.2, -0.15) is 0 Å². The van der Waals surface area contributed by atoms with Gasteiger partial charge in [-0.3, -0.25) is 0 Å². The summed E-state index contributed by atoms with van der Waals surface area (Å²) in [5, 5.41) is 2.90. The first-order chi connectivity index (χ1) is 7.25. The van der Waals surface area contributed by atoms with Gasteiger partial charge in [-0.25, -0.2) is 9.97 Å². The molecule has 0 radical (unpaired) electrons. The largest absolute Gasteiger partial charge is 0.324 e. The second-order valence-electron chi connectivity index (χ2n) is 3.12. The van der Waals surface area contributed by atoms with Crippen LogP contribution >= 0.6 is 23.1 Å². The van der Waals surface area contributed by atoms with Crippen molar-refractivity contribution in [2.24, 2.45) is 5.73 Å². The first kappa shape index (κ1) is 10.6. The van der Waals surface area contributed by atoms with E-state index in [2.05, 4.69) is 9.97 Å². The Labute approximate surface area is 96.8 Å². The highest BCUT2D eigenvalue weighted by Gasteiger charge is 2.04. The maximum absolute atomic E-state index is 5.81. The number of nitrogens with zero attached hydrogens (tertiary/aromatic N) is 2. The van der Waals surface area contributed by atoms with Gasteiger partial charge in [0.25, 0.3) is 0 Å². The SMILES string of the molecule is CC(N)c1ccnc(Sc2nccs2)c1. The smallest absolute Gasteiger partial charge is 0.156 e. The van der Waals surface area contributed by atoms with E-state index in [-0.39, 0.29) is 6.04 Å². The Bertz CT molecular complexity index is 426. The molecular weight excluding hydrogens is 226 g/mol. The van der Waals surface area contributed by atoms with Crippen molar-refractivity contribution in [3.8, 4) is 0 Å². The van der Waals surface area contributed by atoms with Gasteiger partial charge in [-0.05, 0) is 36.4 Å². The third kappa shape index (κ3) is 2.77. The van der Waals surface area contributed by atoms with Crippen molar-refractivity contribution in [1.82, 2.24) is 9.97 Å². The van der Waals surface area contributed by atoms with E-state index >= 15 is 0 Å². The number of hydrogen-bond acceptors (Lipinski definition) is 5. The van der Waals surface area contributed by atoms with Gasteiger partial charge in [-0.15, -0.1) is 11.3 Å². The van der Waals surface area contributed by atoms with Gasteiger partial charge in [0.2, 0.25) is 0 Å². The number of pyridine rings is 1. The maximum Gasteiger partial charge on any atom is 0.156 e. The van der Waals surface area contributed by atoms with Crippen LogP contribution in [0.1, 0.15) is 18.5 Å². The van der Waals surface area contributed by atoms with Crippen molar-refractivity contribution in [2.75, 3.05) is 0 Å². The van der Waals surface area contributed by atoms with Crippen LogP contribution in [0, 0.1) is 0 Å². The summed E-state index contributed by atoms with van der Waals surface area (Å²) in [6, 6.07) is 4.00. The number of rotatable bonds is 3. The molecule has 0 fully saturated rings. The minimum atomic E-state index is 0.0450. The van der Waals surface area contributed by atoms with Gasteiger partial charge in [0, 0.05) is 23.8 Å². The number of nitrogens with two attached hydrogens (primary N) is 1. The molecule has 0 saturated carbocycles. The van der Waals surface area contributed by atoms with Gasteiger partial charge in [0.15, 0.2) is 4.34 Å². The van der Waals surface area contributed by atoms with E-state index in [4.69, 9.17) is 5.73 Å². The number of hydrogen-bond donors (Lipinski definition) is 1. The van der Waals surface area contributed by atoms with E-state index in [1.807, 2.05) is 24.4 Å². The molecule has 15 heavy (non-hydrogen) atoms. The second kappa shape index (κ2) is 4.74. The Hall–Kier alpha value is -0.910. The summed E-state index contributed by atoms with van der Waals surface area (Å²) in [7, 11) is 0. The summed E-state index contributed by atoms with van der Waals surface area (Å²) in [5.41, 5.74) is 6.91. The lowest BCUT2D eigenvalue weighted by atomic mass is 10.1. The van der Waals surface area contributed by atoms with E-state index in [0.717, 1.165) is 14.9 Å². The first-order valence-corrected chi connectivity index (χ1v) is 6.24. The molecule has 0 aliphatic carbocycles. The Balaban J connectivity index is 2.18. The van der Waals surface area contributed by atoms with Crippen LogP contribution in [0.4, 0.5) is 0 Å². The first-order valence-electron chi connectivity index (χ1n) is 4.54. The molecule has 0 bridgehead atoms. The molecule has 2 heterocycles. The quantitative estimate of drug-likeness (QED) is 0.891. The molecule has 0 amide bonds. The van der Waals surface area contributed by atoms with Crippen molar-refractivity contribution in [2.45, 2.75) is 22.3 Å². The van der Waals surface area contributed by atoms with Crippen LogP contribution in [0.5, 0.6) is 0 Å². The molecule has 1 unspecified atom stereocenters. The highest BCUT2D eigenvalue weighted by Crippen LogP contribution is 2.28. The van der Waals surface area contributed by atoms with Gasteiger partial charge in [0.1, 0.15) is 5.03 Å². The van der Waals surface area contributed by atoms with Crippen molar-refractivity contribution in [3.05, 3.63) is 35.5 Å². The summed E-state index contributed by atoms with van der Waals surface area (Å²) in [6.45, 7) is 1.97. The Kier molecular flexibility index (Phi) is 3.35. The minimum Gasteiger partial charge on any atom is -0.324 e. The Morgan fingerprint density at radius 2 is 2.27 bits per heavy atom. The summed E-state index contributed by atoms with van der Waals surface area (Å²) in [5.74, 6) is 0. The van der Waals surface area contributed by atoms with Crippen LogP contribution in [0.3, 0.4) is 0 Å². The molecule has 0 aromatic carbocycles. The van der Waals surface area contributed by atoms with E-state index in [1.165, 1.54) is 0 Å². The highest BCUT2D eigenvalue weighted by atomic mass is 32.2. The molecule has 0 aliphatic rings. The molecule has 3 nitrogen and oxygen atoms in total. The van der Waals surface area contributed by atoms with Crippen molar-refractivity contribution < 1.29 is 0 Å². The second-order valence-corrected chi connectivity index (χ2v) is 5.28. The zero-order valence-electron chi connectivity index (χ0n) is 8.25. The molecule has 2 N–H and O–H groups in total. The van der Waals surface area contributed by atoms with E-state index in [1.54, 1.807) is 35.5 Å². The predicted octanol–water partition coefficient (Wildman–Crippen LogP) is 2.71. The third-order valence-electron chi connectivity index (χ3n) is 1.89. The topological polar surface area (TPSA) is 51.8 Å². The molecule has 0 spiro atoms. The Morgan fingerprint density at radius 3 is 2.93 bits per heavy atom. The van der Waals surface area contributed by atoms with Gasteiger partial charge in [-0.1, -0.05) is 0 Å². The molecule has 2 aromatic rings.